The second-order valence-corrected chi connectivity index (χ2v) is 3.99. The van der Waals surface area contributed by atoms with E-state index in [1.165, 1.54) is 0 Å². The minimum atomic E-state index is 0.221. The van der Waals surface area contributed by atoms with Gasteiger partial charge in [-0.3, -0.25) is 4.99 Å². The van der Waals surface area contributed by atoms with E-state index in [0.717, 1.165) is 16.4 Å². The lowest BCUT2D eigenvalue weighted by atomic mass is 10.1. The molecule has 0 atom stereocenters. The Morgan fingerprint density at radius 2 is 2.13 bits per heavy atom. The highest BCUT2D eigenvalue weighted by Crippen LogP contribution is 2.15. The zero-order chi connectivity index (χ0) is 11.3. The van der Waals surface area contributed by atoms with E-state index in [0.29, 0.717) is 6.42 Å². The molecule has 3 N–H and O–H groups in total. The minimum absolute atomic E-state index is 0.221. The van der Waals surface area contributed by atoms with Crippen LogP contribution in [-0.4, -0.2) is 11.9 Å². The zero-order valence-corrected chi connectivity index (χ0v) is 9.75. The van der Waals surface area contributed by atoms with Crippen molar-refractivity contribution in [3.63, 3.8) is 0 Å². The molecule has 0 unspecified atom stereocenters. The summed E-state index contributed by atoms with van der Waals surface area (Å²) in [6, 6.07) is 7.90. The van der Waals surface area contributed by atoms with Crippen LogP contribution in [0.2, 0.25) is 5.02 Å². The molecule has 0 aliphatic carbocycles. The van der Waals surface area contributed by atoms with Crippen molar-refractivity contribution >= 4 is 17.4 Å². The van der Waals surface area contributed by atoms with Crippen LogP contribution in [0.25, 0.3) is 0 Å². The van der Waals surface area contributed by atoms with Crippen molar-refractivity contribution in [3.8, 4) is 0 Å². The first-order valence-corrected chi connectivity index (χ1v) is 5.28. The maximum Gasteiger partial charge on any atom is 0.115 e. The molecule has 1 aromatic rings. The number of amidine groups is 1. The van der Waals surface area contributed by atoms with Crippen molar-refractivity contribution in [2.24, 2.45) is 10.8 Å². The van der Waals surface area contributed by atoms with E-state index >= 15 is 0 Å². The normalized spacial score (nSPS) is 11.9. The molecule has 0 fully saturated rings. The van der Waals surface area contributed by atoms with Gasteiger partial charge in [0.25, 0.3) is 0 Å². The molecule has 0 heterocycles. The molecular formula is C11H16ClN3. The highest BCUT2D eigenvalue weighted by atomic mass is 35.5. The molecule has 4 heteroatoms. The lowest BCUT2D eigenvalue weighted by Gasteiger charge is -2.08. The molecule has 3 nitrogen and oxygen atoms in total. The molecule has 0 saturated heterocycles. The first kappa shape index (κ1) is 12.0. The summed E-state index contributed by atoms with van der Waals surface area (Å²) in [6.45, 7) is 4.01. The van der Waals surface area contributed by atoms with Crippen molar-refractivity contribution in [2.75, 3.05) is 0 Å². The van der Waals surface area contributed by atoms with Crippen LogP contribution in [0.15, 0.2) is 29.3 Å². The van der Waals surface area contributed by atoms with Crippen molar-refractivity contribution < 1.29 is 0 Å². The summed E-state index contributed by atoms with van der Waals surface area (Å²) >= 11 is 6.04. The third-order valence-electron chi connectivity index (χ3n) is 1.90. The molecule has 0 amide bonds. The second kappa shape index (κ2) is 5.73. The minimum Gasteiger partial charge on any atom is -0.312 e. The molecule has 0 spiro atoms. The van der Waals surface area contributed by atoms with Gasteiger partial charge in [0.2, 0.25) is 0 Å². The van der Waals surface area contributed by atoms with E-state index in [9.17, 15) is 0 Å². The Balaban J connectivity index is 2.80. The van der Waals surface area contributed by atoms with Gasteiger partial charge >= 0.3 is 0 Å². The Bertz CT molecular complexity index is 347. The number of hydrogen-bond donors (Lipinski definition) is 2. The van der Waals surface area contributed by atoms with Crippen LogP contribution in [0.5, 0.6) is 0 Å². The molecule has 0 aromatic heterocycles. The van der Waals surface area contributed by atoms with Crippen LogP contribution in [-0.2, 0) is 6.42 Å². The highest BCUT2D eigenvalue weighted by Gasteiger charge is 2.04. The Morgan fingerprint density at radius 1 is 1.47 bits per heavy atom. The van der Waals surface area contributed by atoms with E-state index < -0.39 is 0 Å². The Morgan fingerprint density at radius 3 is 2.67 bits per heavy atom. The van der Waals surface area contributed by atoms with Gasteiger partial charge < -0.3 is 5.43 Å². The fourth-order valence-corrected chi connectivity index (χ4v) is 1.47. The average Bonchev–Trinajstić information content (AvgIpc) is 2.19. The first-order chi connectivity index (χ1) is 7.13. The Hall–Kier alpha value is -1.06. The van der Waals surface area contributed by atoms with Crippen LogP contribution in [0.4, 0.5) is 0 Å². The van der Waals surface area contributed by atoms with E-state index in [2.05, 4.69) is 10.4 Å². The molecule has 1 rings (SSSR count). The predicted molar refractivity (Wildman–Crippen MR) is 65.1 cm³/mol. The summed E-state index contributed by atoms with van der Waals surface area (Å²) in [5, 5.41) is 0.740. The molecule has 1 aromatic carbocycles. The number of nitrogens with one attached hydrogen (secondary N) is 1. The van der Waals surface area contributed by atoms with Gasteiger partial charge in [-0.1, -0.05) is 29.8 Å². The lowest BCUT2D eigenvalue weighted by Crippen LogP contribution is -2.32. The van der Waals surface area contributed by atoms with Crippen molar-refractivity contribution in [1.29, 1.82) is 0 Å². The molecule has 0 saturated carbocycles. The fourth-order valence-electron chi connectivity index (χ4n) is 1.27. The van der Waals surface area contributed by atoms with Crippen LogP contribution >= 0.6 is 11.6 Å². The maximum atomic E-state index is 6.04. The number of rotatable bonds is 3. The van der Waals surface area contributed by atoms with Crippen molar-refractivity contribution in [3.05, 3.63) is 34.9 Å². The topological polar surface area (TPSA) is 50.4 Å². The summed E-state index contributed by atoms with van der Waals surface area (Å²) in [4.78, 5) is 4.35. The van der Waals surface area contributed by atoms with E-state index in [1.807, 2.05) is 38.1 Å². The van der Waals surface area contributed by atoms with Gasteiger partial charge in [-0.2, -0.15) is 0 Å². The summed E-state index contributed by atoms with van der Waals surface area (Å²) in [5.74, 6) is 6.14. The van der Waals surface area contributed by atoms with E-state index in [4.69, 9.17) is 17.4 Å². The van der Waals surface area contributed by atoms with Gasteiger partial charge in [-0.05, 0) is 25.5 Å². The van der Waals surface area contributed by atoms with Gasteiger partial charge in [0, 0.05) is 17.5 Å². The number of aliphatic imine (C=N–C) groups is 1. The quantitative estimate of drug-likeness (QED) is 0.359. The molecule has 0 radical (unpaired) electrons. The van der Waals surface area contributed by atoms with Gasteiger partial charge in [-0.25, -0.2) is 5.84 Å². The lowest BCUT2D eigenvalue weighted by molar-refractivity contribution is 0.811. The average molecular weight is 226 g/mol. The Labute approximate surface area is 95.3 Å². The number of hydrazine groups is 1. The molecular weight excluding hydrogens is 210 g/mol. The summed E-state index contributed by atoms with van der Waals surface area (Å²) in [6.07, 6.45) is 0.633. The fraction of sp³-hybridized carbons (Fsp3) is 0.364. The summed E-state index contributed by atoms with van der Waals surface area (Å²) < 4.78 is 0. The molecule has 0 aliphatic rings. The van der Waals surface area contributed by atoms with Crippen LogP contribution < -0.4 is 11.3 Å². The molecule has 82 valence electrons. The van der Waals surface area contributed by atoms with Gasteiger partial charge in [0.05, 0.1) is 0 Å². The molecule has 0 aliphatic heterocycles. The molecule has 0 bridgehead atoms. The SMILES string of the molecule is CC(C)N=C(Cc1ccccc1Cl)NN. The largest absolute Gasteiger partial charge is 0.312 e. The standard InChI is InChI=1S/C11H16ClN3/c1-8(2)14-11(15-13)7-9-5-3-4-6-10(9)12/h3-6,8H,7,13H2,1-2H3,(H,14,15). The summed E-state index contributed by atoms with van der Waals surface area (Å²) in [7, 11) is 0. The summed E-state index contributed by atoms with van der Waals surface area (Å²) in [5.41, 5.74) is 3.63. The number of nitrogens with zero attached hydrogens (tertiary/aromatic N) is 1. The van der Waals surface area contributed by atoms with Crippen LogP contribution in [0.3, 0.4) is 0 Å². The predicted octanol–water partition coefficient (Wildman–Crippen LogP) is 2.15. The number of benzene rings is 1. The third-order valence-corrected chi connectivity index (χ3v) is 2.27. The number of hydrogen-bond acceptors (Lipinski definition) is 2. The Kier molecular flexibility index (Phi) is 4.59. The number of nitrogens with two attached hydrogens (primary N) is 1. The van der Waals surface area contributed by atoms with Gasteiger partial charge in [-0.15, -0.1) is 0 Å². The molecule has 15 heavy (non-hydrogen) atoms. The van der Waals surface area contributed by atoms with Crippen LogP contribution in [0.1, 0.15) is 19.4 Å². The highest BCUT2D eigenvalue weighted by molar-refractivity contribution is 6.31. The monoisotopic (exact) mass is 225 g/mol. The third kappa shape index (κ3) is 3.90. The van der Waals surface area contributed by atoms with Gasteiger partial charge in [0.1, 0.15) is 5.84 Å². The van der Waals surface area contributed by atoms with Crippen LogP contribution in [0, 0.1) is 0 Å². The van der Waals surface area contributed by atoms with Gasteiger partial charge in [0.15, 0.2) is 0 Å². The van der Waals surface area contributed by atoms with E-state index in [1.54, 1.807) is 0 Å². The zero-order valence-electron chi connectivity index (χ0n) is 9.00. The van der Waals surface area contributed by atoms with Crippen molar-refractivity contribution in [2.45, 2.75) is 26.3 Å². The van der Waals surface area contributed by atoms with E-state index in [-0.39, 0.29) is 6.04 Å². The van der Waals surface area contributed by atoms with Crippen molar-refractivity contribution in [1.82, 2.24) is 5.43 Å². The second-order valence-electron chi connectivity index (χ2n) is 3.58. The maximum absolute atomic E-state index is 6.04. The number of halogens is 1. The first-order valence-electron chi connectivity index (χ1n) is 4.90. The smallest absolute Gasteiger partial charge is 0.115 e.